The van der Waals surface area contributed by atoms with Crippen LogP contribution in [0.3, 0.4) is 0 Å². The second kappa shape index (κ2) is 4.63. The van der Waals surface area contributed by atoms with Gasteiger partial charge in [0.15, 0.2) is 6.10 Å². The molecule has 0 aromatic rings. The lowest BCUT2D eigenvalue weighted by atomic mass is 9.91. The van der Waals surface area contributed by atoms with Crippen molar-refractivity contribution in [2.75, 3.05) is 19.7 Å². The molecule has 1 fully saturated rings. The second-order valence-electron chi connectivity index (χ2n) is 5.07. The summed E-state index contributed by atoms with van der Waals surface area (Å²) in [6.07, 6.45) is 0.0631. The Bertz CT molecular complexity index is 275. The normalized spacial score (nSPS) is 22.3. The predicted molar refractivity (Wildman–Crippen MR) is 56.0 cm³/mol. The number of nitriles is 1. The van der Waals surface area contributed by atoms with Crippen molar-refractivity contribution in [1.82, 2.24) is 4.90 Å². The van der Waals surface area contributed by atoms with Gasteiger partial charge >= 0.3 is 0 Å². The van der Waals surface area contributed by atoms with Crippen molar-refractivity contribution in [3.63, 3.8) is 0 Å². The van der Waals surface area contributed by atoms with Crippen LogP contribution in [0.2, 0.25) is 0 Å². The van der Waals surface area contributed by atoms with E-state index in [0.29, 0.717) is 26.1 Å². The molecule has 1 saturated heterocycles. The van der Waals surface area contributed by atoms with Gasteiger partial charge in [-0.2, -0.15) is 5.26 Å². The van der Waals surface area contributed by atoms with Crippen LogP contribution in [-0.4, -0.2) is 36.6 Å². The maximum absolute atomic E-state index is 11.8. The highest BCUT2D eigenvalue weighted by Crippen LogP contribution is 2.20. The Kier molecular flexibility index (Phi) is 3.70. The molecule has 0 radical (unpaired) electrons. The molecule has 0 aromatic heterocycles. The van der Waals surface area contributed by atoms with Crippen LogP contribution in [0.15, 0.2) is 0 Å². The van der Waals surface area contributed by atoms with E-state index in [9.17, 15) is 4.79 Å². The zero-order chi connectivity index (χ0) is 11.5. The summed E-state index contributed by atoms with van der Waals surface area (Å²) in [5, 5.41) is 8.71. The van der Waals surface area contributed by atoms with Gasteiger partial charge in [-0.3, -0.25) is 4.79 Å². The summed E-state index contributed by atoms with van der Waals surface area (Å²) >= 11 is 0. The van der Waals surface area contributed by atoms with Gasteiger partial charge in [0.2, 0.25) is 5.91 Å². The van der Waals surface area contributed by atoms with E-state index < -0.39 is 6.10 Å². The molecule has 0 N–H and O–H groups in total. The molecule has 4 heteroatoms. The third-order valence-electron chi connectivity index (χ3n) is 2.24. The van der Waals surface area contributed by atoms with Gasteiger partial charge in [0, 0.05) is 13.0 Å². The third kappa shape index (κ3) is 3.88. The Morgan fingerprint density at radius 1 is 1.60 bits per heavy atom. The number of morpholine rings is 1. The van der Waals surface area contributed by atoms with E-state index >= 15 is 0 Å². The fourth-order valence-corrected chi connectivity index (χ4v) is 1.52. The van der Waals surface area contributed by atoms with E-state index in [1.54, 1.807) is 4.90 Å². The number of hydrogen-bond acceptors (Lipinski definition) is 3. The second-order valence-corrected chi connectivity index (χ2v) is 5.07. The summed E-state index contributed by atoms with van der Waals surface area (Å²) in [7, 11) is 0. The number of ether oxygens (including phenoxy) is 1. The Morgan fingerprint density at radius 2 is 2.27 bits per heavy atom. The van der Waals surface area contributed by atoms with Crippen molar-refractivity contribution in [1.29, 1.82) is 5.26 Å². The van der Waals surface area contributed by atoms with Gasteiger partial charge in [-0.05, 0) is 5.41 Å². The fraction of sp³-hybridized carbons (Fsp3) is 0.818. The smallest absolute Gasteiger partial charge is 0.223 e. The number of carbonyl (C=O) groups excluding carboxylic acids is 1. The molecule has 0 aliphatic carbocycles. The van der Waals surface area contributed by atoms with Gasteiger partial charge in [0.1, 0.15) is 0 Å². The van der Waals surface area contributed by atoms with Crippen molar-refractivity contribution >= 4 is 5.91 Å². The van der Waals surface area contributed by atoms with Crippen LogP contribution in [0, 0.1) is 16.7 Å². The first-order valence-electron chi connectivity index (χ1n) is 5.21. The number of amides is 1. The molecular formula is C11H18N2O2. The lowest BCUT2D eigenvalue weighted by Gasteiger charge is -2.31. The first kappa shape index (κ1) is 12.0. The Hall–Kier alpha value is -1.08. The maximum Gasteiger partial charge on any atom is 0.223 e. The Balaban J connectivity index is 2.50. The predicted octanol–water partition coefficient (Wildman–Crippen LogP) is 1.17. The zero-order valence-electron chi connectivity index (χ0n) is 9.62. The Morgan fingerprint density at radius 3 is 2.80 bits per heavy atom. The number of carbonyl (C=O) groups is 1. The number of hydrogen-bond donors (Lipinski definition) is 0. The Labute approximate surface area is 90.8 Å². The molecule has 1 heterocycles. The minimum atomic E-state index is -0.456. The van der Waals surface area contributed by atoms with Crippen molar-refractivity contribution in [3.8, 4) is 6.07 Å². The number of rotatable bonds is 1. The minimum Gasteiger partial charge on any atom is -0.360 e. The quantitative estimate of drug-likeness (QED) is 0.653. The van der Waals surface area contributed by atoms with Crippen LogP contribution in [-0.2, 0) is 9.53 Å². The average Bonchev–Trinajstić information content (AvgIpc) is 2.15. The monoisotopic (exact) mass is 210 g/mol. The van der Waals surface area contributed by atoms with Crippen LogP contribution in [0.25, 0.3) is 0 Å². The van der Waals surface area contributed by atoms with Gasteiger partial charge in [-0.25, -0.2) is 0 Å². The van der Waals surface area contributed by atoms with E-state index in [4.69, 9.17) is 10.00 Å². The maximum atomic E-state index is 11.8. The highest BCUT2D eigenvalue weighted by Gasteiger charge is 2.26. The molecule has 1 unspecified atom stereocenters. The average molecular weight is 210 g/mol. The minimum absolute atomic E-state index is 0.00245. The molecule has 1 amide bonds. The van der Waals surface area contributed by atoms with Crippen molar-refractivity contribution in [2.24, 2.45) is 5.41 Å². The fourth-order valence-electron chi connectivity index (χ4n) is 1.52. The van der Waals surface area contributed by atoms with Crippen molar-refractivity contribution in [3.05, 3.63) is 0 Å². The van der Waals surface area contributed by atoms with Crippen LogP contribution in [0.4, 0.5) is 0 Å². The first-order chi connectivity index (χ1) is 6.92. The van der Waals surface area contributed by atoms with Gasteiger partial charge in [0.25, 0.3) is 0 Å². The van der Waals surface area contributed by atoms with Crippen molar-refractivity contribution in [2.45, 2.75) is 33.3 Å². The summed E-state index contributed by atoms with van der Waals surface area (Å²) in [6, 6.07) is 2.04. The topological polar surface area (TPSA) is 53.3 Å². The molecule has 1 rings (SSSR count). The molecule has 84 valence electrons. The van der Waals surface area contributed by atoms with Crippen LogP contribution in [0.1, 0.15) is 27.2 Å². The van der Waals surface area contributed by atoms with Crippen LogP contribution in [0.5, 0.6) is 0 Å². The molecule has 1 atom stereocenters. The van der Waals surface area contributed by atoms with Crippen LogP contribution < -0.4 is 0 Å². The molecule has 4 nitrogen and oxygen atoms in total. The van der Waals surface area contributed by atoms with E-state index in [1.165, 1.54) is 0 Å². The van der Waals surface area contributed by atoms with E-state index in [-0.39, 0.29) is 11.3 Å². The van der Waals surface area contributed by atoms with E-state index in [2.05, 4.69) is 0 Å². The zero-order valence-corrected chi connectivity index (χ0v) is 9.62. The van der Waals surface area contributed by atoms with Gasteiger partial charge < -0.3 is 9.64 Å². The van der Waals surface area contributed by atoms with Gasteiger partial charge in [0.05, 0.1) is 19.2 Å². The third-order valence-corrected chi connectivity index (χ3v) is 2.24. The first-order valence-corrected chi connectivity index (χ1v) is 5.21. The van der Waals surface area contributed by atoms with Gasteiger partial charge in [-0.15, -0.1) is 0 Å². The molecule has 0 bridgehead atoms. The van der Waals surface area contributed by atoms with E-state index in [0.717, 1.165) is 0 Å². The molecular weight excluding hydrogens is 192 g/mol. The summed E-state index contributed by atoms with van der Waals surface area (Å²) in [4.78, 5) is 13.6. The summed E-state index contributed by atoms with van der Waals surface area (Å²) in [6.45, 7) is 7.58. The molecule has 1 aliphatic rings. The molecule has 1 aliphatic heterocycles. The lowest BCUT2D eigenvalue weighted by Crippen LogP contribution is -2.45. The summed E-state index contributed by atoms with van der Waals surface area (Å²) in [5.74, 6) is 0.117. The van der Waals surface area contributed by atoms with E-state index in [1.807, 2.05) is 26.8 Å². The molecule has 0 saturated carbocycles. The molecule has 0 spiro atoms. The summed E-state index contributed by atoms with van der Waals surface area (Å²) in [5.41, 5.74) is -0.00245. The highest BCUT2D eigenvalue weighted by atomic mass is 16.5. The van der Waals surface area contributed by atoms with Crippen molar-refractivity contribution < 1.29 is 9.53 Å². The largest absolute Gasteiger partial charge is 0.360 e. The molecule has 15 heavy (non-hydrogen) atoms. The van der Waals surface area contributed by atoms with Crippen LogP contribution >= 0.6 is 0 Å². The lowest BCUT2D eigenvalue weighted by molar-refractivity contribution is -0.138. The number of nitrogens with zero attached hydrogens (tertiary/aromatic N) is 2. The summed E-state index contributed by atoms with van der Waals surface area (Å²) < 4.78 is 5.18. The SMILES string of the molecule is CC(C)(C)CC(=O)N1CCOC(C#N)C1. The molecule has 0 aromatic carbocycles. The van der Waals surface area contributed by atoms with Gasteiger partial charge in [-0.1, -0.05) is 20.8 Å². The standard InChI is InChI=1S/C11H18N2O2/c1-11(2,3)6-10(14)13-4-5-15-9(7-12)8-13/h9H,4-6,8H2,1-3H3. The highest BCUT2D eigenvalue weighted by molar-refractivity contribution is 5.77.